The van der Waals surface area contributed by atoms with Gasteiger partial charge in [0.1, 0.15) is 6.07 Å². The zero-order valence-electron chi connectivity index (χ0n) is 8.39. The van der Waals surface area contributed by atoms with Crippen molar-refractivity contribution in [1.29, 1.82) is 5.26 Å². The molecule has 1 heterocycles. The maximum absolute atomic E-state index is 9.04. The Balaban J connectivity index is 2.53. The second-order valence-corrected chi connectivity index (χ2v) is 3.71. The van der Waals surface area contributed by atoms with Crippen LogP contribution < -0.4 is 5.73 Å². The van der Waals surface area contributed by atoms with Gasteiger partial charge in [-0.15, -0.1) is 0 Å². The standard InChI is InChI=1S/C11H9ClN4/c12-10-6-15-16(7-10)11-2-1-8(4-13)3-9(11)5-14/h1-3,6-7H,4,13H2. The molecule has 2 aromatic rings. The summed E-state index contributed by atoms with van der Waals surface area (Å²) in [6, 6.07) is 7.55. The number of halogens is 1. The molecule has 2 rings (SSSR count). The second-order valence-electron chi connectivity index (χ2n) is 3.27. The molecule has 0 aliphatic heterocycles. The lowest BCUT2D eigenvalue weighted by molar-refractivity contribution is 0.875. The first kappa shape index (κ1) is 10.7. The van der Waals surface area contributed by atoms with Gasteiger partial charge < -0.3 is 5.73 Å². The smallest absolute Gasteiger partial charge is 0.101 e. The van der Waals surface area contributed by atoms with E-state index in [1.165, 1.54) is 6.20 Å². The highest BCUT2D eigenvalue weighted by Gasteiger charge is 2.06. The zero-order chi connectivity index (χ0) is 11.5. The molecule has 80 valence electrons. The van der Waals surface area contributed by atoms with E-state index in [0.29, 0.717) is 22.8 Å². The Labute approximate surface area is 97.9 Å². The minimum atomic E-state index is 0.412. The van der Waals surface area contributed by atoms with Crippen LogP contribution in [0.2, 0.25) is 5.02 Å². The number of rotatable bonds is 2. The number of benzene rings is 1. The highest BCUT2D eigenvalue weighted by atomic mass is 35.5. The fourth-order valence-electron chi connectivity index (χ4n) is 1.43. The van der Waals surface area contributed by atoms with E-state index >= 15 is 0 Å². The average molecular weight is 233 g/mol. The predicted molar refractivity (Wildman–Crippen MR) is 61.2 cm³/mol. The van der Waals surface area contributed by atoms with Crippen LogP contribution in [-0.2, 0) is 6.54 Å². The fraction of sp³-hybridized carbons (Fsp3) is 0.0909. The number of aromatic nitrogens is 2. The first-order valence-electron chi connectivity index (χ1n) is 4.68. The Bertz CT molecular complexity index is 553. The highest BCUT2D eigenvalue weighted by Crippen LogP contribution is 2.17. The molecule has 0 aliphatic carbocycles. The summed E-state index contributed by atoms with van der Waals surface area (Å²) in [5.74, 6) is 0. The SMILES string of the molecule is N#Cc1cc(CN)ccc1-n1cc(Cl)cn1. The molecule has 0 saturated carbocycles. The van der Waals surface area contributed by atoms with Crippen LogP contribution >= 0.6 is 11.6 Å². The van der Waals surface area contributed by atoms with Gasteiger partial charge in [0, 0.05) is 12.7 Å². The Kier molecular flexibility index (Phi) is 2.91. The monoisotopic (exact) mass is 232 g/mol. The van der Waals surface area contributed by atoms with E-state index in [1.807, 2.05) is 12.1 Å². The summed E-state index contributed by atoms with van der Waals surface area (Å²) in [5, 5.41) is 13.6. The van der Waals surface area contributed by atoms with E-state index in [-0.39, 0.29) is 0 Å². The highest BCUT2D eigenvalue weighted by molar-refractivity contribution is 6.30. The van der Waals surface area contributed by atoms with Crippen molar-refractivity contribution >= 4 is 11.6 Å². The van der Waals surface area contributed by atoms with E-state index in [1.54, 1.807) is 16.9 Å². The van der Waals surface area contributed by atoms with Crippen molar-refractivity contribution in [1.82, 2.24) is 9.78 Å². The Hall–Kier alpha value is -1.83. The van der Waals surface area contributed by atoms with Crippen molar-refractivity contribution in [3.05, 3.63) is 46.7 Å². The van der Waals surface area contributed by atoms with Crippen molar-refractivity contribution < 1.29 is 0 Å². The summed E-state index contributed by atoms with van der Waals surface area (Å²) < 4.78 is 1.57. The molecule has 0 bridgehead atoms. The summed E-state index contributed by atoms with van der Waals surface area (Å²) in [4.78, 5) is 0. The van der Waals surface area contributed by atoms with Crippen LogP contribution in [0.5, 0.6) is 0 Å². The van der Waals surface area contributed by atoms with Crippen LogP contribution in [0.4, 0.5) is 0 Å². The molecule has 0 unspecified atom stereocenters. The summed E-state index contributed by atoms with van der Waals surface area (Å²) in [6.07, 6.45) is 3.18. The lowest BCUT2D eigenvalue weighted by Crippen LogP contribution is -2.01. The summed E-state index contributed by atoms with van der Waals surface area (Å²) in [5.41, 5.74) is 7.66. The van der Waals surface area contributed by atoms with Gasteiger partial charge in [-0.1, -0.05) is 17.7 Å². The van der Waals surface area contributed by atoms with Crippen molar-refractivity contribution in [2.24, 2.45) is 5.73 Å². The number of hydrogen-bond acceptors (Lipinski definition) is 3. The van der Waals surface area contributed by atoms with Crippen LogP contribution in [0.25, 0.3) is 5.69 Å². The number of nitriles is 1. The van der Waals surface area contributed by atoms with Gasteiger partial charge in [-0.25, -0.2) is 4.68 Å². The van der Waals surface area contributed by atoms with Crippen LogP contribution in [0, 0.1) is 11.3 Å². The summed E-state index contributed by atoms with van der Waals surface area (Å²) in [6.45, 7) is 0.412. The molecule has 0 fully saturated rings. The molecule has 0 amide bonds. The van der Waals surface area contributed by atoms with Crippen molar-refractivity contribution in [2.45, 2.75) is 6.54 Å². The molecule has 0 atom stereocenters. The van der Waals surface area contributed by atoms with Gasteiger partial charge in [0.15, 0.2) is 0 Å². The molecule has 0 radical (unpaired) electrons. The Morgan fingerprint density at radius 3 is 2.88 bits per heavy atom. The molecule has 4 nitrogen and oxygen atoms in total. The van der Waals surface area contributed by atoms with Gasteiger partial charge in [-0.3, -0.25) is 0 Å². The van der Waals surface area contributed by atoms with E-state index < -0.39 is 0 Å². The molecule has 0 saturated heterocycles. The normalized spacial score (nSPS) is 10.1. The summed E-state index contributed by atoms with van der Waals surface area (Å²) >= 11 is 5.78. The molecule has 1 aromatic heterocycles. The van der Waals surface area contributed by atoms with Crippen LogP contribution in [0.3, 0.4) is 0 Å². The largest absolute Gasteiger partial charge is 0.326 e. The van der Waals surface area contributed by atoms with Crippen molar-refractivity contribution in [3.63, 3.8) is 0 Å². The minimum absolute atomic E-state index is 0.412. The molecular weight excluding hydrogens is 224 g/mol. The van der Waals surface area contributed by atoms with Gasteiger partial charge in [0.05, 0.1) is 22.5 Å². The van der Waals surface area contributed by atoms with Crippen molar-refractivity contribution in [2.75, 3.05) is 0 Å². The third-order valence-corrected chi connectivity index (χ3v) is 2.41. The average Bonchev–Trinajstić information content (AvgIpc) is 2.74. The molecule has 1 aromatic carbocycles. The lowest BCUT2D eigenvalue weighted by atomic mass is 10.1. The quantitative estimate of drug-likeness (QED) is 0.859. The van der Waals surface area contributed by atoms with E-state index in [0.717, 1.165) is 5.56 Å². The molecule has 0 spiro atoms. The van der Waals surface area contributed by atoms with Crippen LogP contribution in [0.15, 0.2) is 30.6 Å². The Morgan fingerprint density at radius 1 is 1.50 bits per heavy atom. The first-order chi connectivity index (χ1) is 7.74. The second kappa shape index (κ2) is 4.35. The van der Waals surface area contributed by atoms with Gasteiger partial charge in [0.25, 0.3) is 0 Å². The lowest BCUT2D eigenvalue weighted by Gasteiger charge is -2.05. The molecule has 16 heavy (non-hydrogen) atoms. The van der Waals surface area contributed by atoms with Gasteiger partial charge >= 0.3 is 0 Å². The van der Waals surface area contributed by atoms with E-state index in [9.17, 15) is 0 Å². The number of nitrogens with two attached hydrogens (primary N) is 1. The third kappa shape index (κ3) is 1.91. The molecule has 2 N–H and O–H groups in total. The minimum Gasteiger partial charge on any atom is -0.326 e. The van der Waals surface area contributed by atoms with E-state index in [4.69, 9.17) is 22.6 Å². The maximum Gasteiger partial charge on any atom is 0.101 e. The Morgan fingerprint density at radius 2 is 2.31 bits per heavy atom. The van der Waals surface area contributed by atoms with E-state index in [2.05, 4.69) is 11.2 Å². The maximum atomic E-state index is 9.04. The van der Waals surface area contributed by atoms with Crippen LogP contribution in [-0.4, -0.2) is 9.78 Å². The fourth-order valence-corrected chi connectivity index (χ4v) is 1.57. The molecular formula is C11H9ClN4. The van der Waals surface area contributed by atoms with Gasteiger partial charge in [0.2, 0.25) is 0 Å². The molecule has 5 heteroatoms. The summed E-state index contributed by atoms with van der Waals surface area (Å²) in [7, 11) is 0. The third-order valence-electron chi connectivity index (χ3n) is 2.22. The molecule has 0 aliphatic rings. The number of nitrogens with zero attached hydrogens (tertiary/aromatic N) is 3. The first-order valence-corrected chi connectivity index (χ1v) is 5.06. The number of hydrogen-bond donors (Lipinski definition) is 1. The van der Waals surface area contributed by atoms with Gasteiger partial charge in [-0.2, -0.15) is 10.4 Å². The van der Waals surface area contributed by atoms with Gasteiger partial charge in [-0.05, 0) is 17.7 Å². The van der Waals surface area contributed by atoms with Crippen molar-refractivity contribution in [3.8, 4) is 11.8 Å². The predicted octanol–water partition coefficient (Wildman–Crippen LogP) is 1.86. The topological polar surface area (TPSA) is 67.6 Å². The zero-order valence-corrected chi connectivity index (χ0v) is 9.15. The van der Waals surface area contributed by atoms with Crippen LogP contribution in [0.1, 0.15) is 11.1 Å².